The maximum Gasteiger partial charge on any atom is 0.160 e. The van der Waals surface area contributed by atoms with Crippen LogP contribution in [0.25, 0.3) is 67.3 Å². The normalized spacial score (nSPS) is 11.4. The summed E-state index contributed by atoms with van der Waals surface area (Å²) in [4.78, 5) is 19.2. The second-order valence-electron chi connectivity index (χ2n) is 12.5. The Morgan fingerprint density at radius 1 is 0.391 bits per heavy atom. The highest BCUT2D eigenvalue weighted by Gasteiger charge is 2.28. The van der Waals surface area contributed by atoms with Gasteiger partial charge in [-0.15, -0.1) is 0 Å². The van der Waals surface area contributed by atoms with Gasteiger partial charge in [-0.25, -0.2) is 19.9 Å². The van der Waals surface area contributed by atoms with Gasteiger partial charge in [0.1, 0.15) is 6.33 Å². The molecule has 0 N–H and O–H groups in total. The molecule has 0 atom stereocenters. The van der Waals surface area contributed by atoms with Crippen LogP contribution < -0.4 is 0 Å². The van der Waals surface area contributed by atoms with E-state index >= 15 is 0 Å². The van der Waals surface area contributed by atoms with E-state index in [2.05, 4.69) is 146 Å². The molecule has 0 saturated carbocycles. The van der Waals surface area contributed by atoms with Gasteiger partial charge in [-0.05, 0) is 51.4 Å². The summed E-state index contributed by atoms with van der Waals surface area (Å²) in [6.07, 6.45) is 5.21. The van der Waals surface area contributed by atoms with E-state index < -0.39 is 0 Å². The SMILES string of the molecule is CC(C)(C)c1c(-c2cccc(-c3ccccc3)c2)nc(-c2cccc(-c3cncnc3)c2)nc1-c1cccc(-c2ccccc2)c1. The number of hydrogen-bond donors (Lipinski definition) is 0. The molecule has 7 rings (SSSR count). The van der Waals surface area contributed by atoms with Crippen molar-refractivity contribution in [3.63, 3.8) is 0 Å². The summed E-state index contributed by atoms with van der Waals surface area (Å²) in [6.45, 7) is 6.74. The Morgan fingerprint density at radius 3 is 1.26 bits per heavy atom. The highest BCUT2D eigenvalue weighted by molar-refractivity contribution is 5.82. The van der Waals surface area contributed by atoms with Crippen LogP contribution in [-0.4, -0.2) is 19.9 Å². The predicted molar refractivity (Wildman–Crippen MR) is 189 cm³/mol. The summed E-state index contributed by atoms with van der Waals surface area (Å²) in [7, 11) is 0. The molecule has 0 unspecified atom stereocenters. The van der Waals surface area contributed by atoms with Crippen molar-refractivity contribution in [1.29, 1.82) is 0 Å². The van der Waals surface area contributed by atoms with Crippen molar-refractivity contribution in [2.75, 3.05) is 0 Å². The minimum atomic E-state index is -0.252. The second-order valence-corrected chi connectivity index (χ2v) is 12.5. The molecule has 0 aliphatic rings. The largest absolute Gasteiger partial charge is 0.244 e. The molecule has 2 heterocycles. The van der Waals surface area contributed by atoms with Gasteiger partial charge in [-0.2, -0.15) is 0 Å². The van der Waals surface area contributed by atoms with E-state index in [1.165, 1.54) is 11.1 Å². The second kappa shape index (κ2) is 12.3. The zero-order valence-corrected chi connectivity index (χ0v) is 26.2. The summed E-state index contributed by atoms with van der Waals surface area (Å²) in [5, 5.41) is 0. The lowest BCUT2D eigenvalue weighted by molar-refractivity contribution is 0.589. The fourth-order valence-corrected chi connectivity index (χ4v) is 5.96. The van der Waals surface area contributed by atoms with Gasteiger partial charge in [0.25, 0.3) is 0 Å². The third-order valence-electron chi connectivity index (χ3n) is 8.16. The van der Waals surface area contributed by atoms with Crippen molar-refractivity contribution in [2.45, 2.75) is 26.2 Å². The zero-order valence-electron chi connectivity index (χ0n) is 26.2. The molecule has 0 radical (unpaired) electrons. The summed E-state index contributed by atoms with van der Waals surface area (Å²) in [5.41, 5.74) is 12.4. The third-order valence-corrected chi connectivity index (χ3v) is 8.16. The van der Waals surface area contributed by atoms with E-state index in [1.807, 2.05) is 30.6 Å². The lowest BCUT2D eigenvalue weighted by Gasteiger charge is -2.26. The molecule has 0 spiro atoms. The molecule has 0 aliphatic heterocycles. The molecule has 2 aromatic heterocycles. The van der Waals surface area contributed by atoms with E-state index in [9.17, 15) is 0 Å². The van der Waals surface area contributed by atoms with E-state index in [-0.39, 0.29) is 5.41 Å². The van der Waals surface area contributed by atoms with Gasteiger partial charge in [0, 0.05) is 40.2 Å². The van der Waals surface area contributed by atoms with E-state index in [0.717, 1.165) is 55.9 Å². The van der Waals surface area contributed by atoms with Crippen LogP contribution in [0.15, 0.2) is 152 Å². The molecule has 5 aromatic carbocycles. The van der Waals surface area contributed by atoms with Gasteiger partial charge >= 0.3 is 0 Å². The first-order valence-electron chi connectivity index (χ1n) is 15.5. The topological polar surface area (TPSA) is 51.6 Å². The van der Waals surface area contributed by atoms with Crippen LogP contribution in [0, 0.1) is 0 Å². The zero-order chi connectivity index (χ0) is 31.5. The van der Waals surface area contributed by atoms with Crippen molar-refractivity contribution in [1.82, 2.24) is 19.9 Å². The van der Waals surface area contributed by atoms with Crippen LogP contribution in [0.2, 0.25) is 0 Å². The predicted octanol–water partition coefficient (Wildman–Crippen LogP) is 10.6. The molecular weight excluding hydrogens is 560 g/mol. The number of aromatic nitrogens is 4. The molecule has 0 amide bonds. The minimum absolute atomic E-state index is 0.252. The maximum absolute atomic E-state index is 5.37. The Bertz CT molecular complexity index is 2010. The standard InChI is InChI=1S/C42H34N4/c1-42(2,3)38-39(34-20-10-17-31(23-34)29-13-6-4-7-14-29)45-41(36-22-12-19-33(25-36)37-26-43-28-44-27-37)46-40(38)35-21-11-18-32(24-35)30-15-8-5-9-16-30/h4-28H,1-3H3. The number of rotatable bonds is 6. The number of benzene rings is 5. The van der Waals surface area contributed by atoms with Crippen molar-refractivity contribution in [3.05, 3.63) is 158 Å². The van der Waals surface area contributed by atoms with E-state index in [0.29, 0.717) is 5.82 Å². The molecule has 4 nitrogen and oxygen atoms in total. The Morgan fingerprint density at radius 2 is 0.783 bits per heavy atom. The fraction of sp³-hybridized carbons (Fsp3) is 0.0952. The van der Waals surface area contributed by atoms with Crippen LogP contribution in [-0.2, 0) is 5.41 Å². The monoisotopic (exact) mass is 594 g/mol. The molecule has 46 heavy (non-hydrogen) atoms. The van der Waals surface area contributed by atoms with Crippen molar-refractivity contribution in [3.8, 4) is 67.3 Å². The van der Waals surface area contributed by atoms with Crippen LogP contribution >= 0.6 is 0 Å². The molecule has 222 valence electrons. The molecule has 0 fully saturated rings. The lowest BCUT2D eigenvalue weighted by atomic mass is 9.80. The fourth-order valence-electron chi connectivity index (χ4n) is 5.96. The summed E-state index contributed by atoms with van der Waals surface area (Å²) in [5.74, 6) is 0.673. The smallest absolute Gasteiger partial charge is 0.160 e. The summed E-state index contributed by atoms with van der Waals surface area (Å²) < 4.78 is 0. The highest BCUT2D eigenvalue weighted by atomic mass is 14.9. The Labute approximate surface area is 270 Å². The summed E-state index contributed by atoms with van der Waals surface area (Å²) >= 11 is 0. The van der Waals surface area contributed by atoms with Crippen LogP contribution in [0.3, 0.4) is 0 Å². The summed E-state index contributed by atoms with van der Waals surface area (Å²) in [6, 6.07) is 46.7. The van der Waals surface area contributed by atoms with Crippen molar-refractivity contribution >= 4 is 0 Å². The van der Waals surface area contributed by atoms with Gasteiger partial charge in [0.15, 0.2) is 5.82 Å². The van der Waals surface area contributed by atoms with Crippen molar-refractivity contribution < 1.29 is 0 Å². The average molecular weight is 595 g/mol. The van der Waals surface area contributed by atoms with Gasteiger partial charge in [0.05, 0.1) is 11.4 Å². The third kappa shape index (κ3) is 5.98. The van der Waals surface area contributed by atoms with Gasteiger partial charge in [0.2, 0.25) is 0 Å². The first-order chi connectivity index (χ1) is 22.4. The minimum Gasteiger partial charge on any atom is -0.244 e. The number of hydrogen-bond acceptors (Lipinski definition) is 4. The molecular formula is C42H34N4. The van der Waals surface area contributed by atoms with Crippen LogP contribution in [0.4, 0.5) is 0 Å². The molecule has 0 bridgehead atoms. The lowest BCUT2D eigenvalue weighted by Crippen LogP contribution is -2.17. The molecule has 4 heteroatoms. The molecule has 0 aliphatic carbocycles. The number of nitrogens with zero attached hydrogens (tertiary/aromatic N) is 4. The Balaban J connectivity index is 1.49. The van der Waals surface area contributed by atoms with E-state index in [4.69, 9.17) is 9.97 Å². The highest BCUT2D eigenvalue weighted by Crippen LogP contribution is 2.41. The first-order valence-corrected chi connectivity index (χ1v) is 15.5. The quantitative estimate of drug-likeness (QED) is 0.192. The van der Waals surface area contributed by atoms with Crippen LogP contribution in [0.1, 0.15) is 26.3 Å². The van der Waals surface area contributed by atoms with Crippen LogP contribution in [0.5, 0.6) is 0 Å². The Kier molecular flexibility index (Phi) is 7.78. The van der Waals surface area contributed by atoms with Crippen molar-refractivity contribution in [2.24, 2.45) is 0 Å². The van der Waals surface area contributed by atoms with Gasteiger partial charge in [-0.1, -0.05) is 136 Å². The maximum atomic E-state index is 5.37. The van der Waals surface area contributed by atoms with Gasteiger partial charge < -0.3 is 0 Å². The molecule has 0 saturated heterocycles. The first kappa shape index (κ1) is 29.0. The van der Waals surface area contributed by atoms with E-state index in [1.54, 1.807) is 6.33 Å². The Hall–Kier alpha value is -5.74. The molecule has 7 aromatic rings. The van der Waals surface area contributed by atoms with Gasteiger partial charge in [-0.3, -0.25) is 0 Å². The average Bonchev–Trinajstić information content (AvgIpc) is 3.12.